The third-order valence-electron chi connectivity index (χ3n) is 12.6. The summed E-state index contributed by atoms with van der Waals surface area (Å²) in [6.07, 6.45) is 0. The fourth-order valence-electron chi connectivity index (χ4n) is 8.79. The number of hydrogen-bond acceptors (Lipinski definition) is 7. The van der Waals surface area contributed by atoms with Gasteiger partial charge in [0.1, 0.15) is 11.5 Å². The zero-order valence-corrected chi connectivity index (χ0v) is 37.1. The lowest BCUT2D eigenvalue weighted by Gasteiger charge is -2.35. The molecule has 1 aliphatic heterocycles. The molecular weight excluding hydrogens is 809 g/mol. The number of hydrogen-bond donors (Lipinski definition) is 0. The maximum absolute atomic E-state index is 6.61. The molecule has 0 spiro atoms. The minimum absolute atomic E-state index is 0.343. The highest BCUT2D eigenvalue weighted by Gasteiger charge is 2.35. The Bertz CT molecular complexity index is 3200. The van der Waals surface area contributed by atoms with Crippen LogP contribution >= 0.6 is 0 Å². The quantitative estimate of drug-likeness (QED) is 0.150. The molecule has 0 bridgehead atoms. The van der Waals surface area contributed by atoms with Gasteiger partial charge in [0.15, 0.2) is 34.9 Å². The first-order chi connectivity index (χ1) is 32.2. The van der Waals surface area contributed by atoms with Gasteiger partial charge in [0, 0.05) is 49.9 Å². The van der Waals surface area contributed by atoms with Crippen LogP contribution < -0.4 is 4.74 Å². The molecule has 66 heavy (non-hydrogen) atoms. The van der Waals surface area contributed by atoms with Crippen molar-refractivity contribution in [3.8, 4) is 102 Å². The first-order valence-electron chi connectivity index (χ1n) is 22.2. The molecule has 0 fully saturated rings. The lowest BCUT2D eigenvalue weighted by Crippen LogP contribution is -2.24. The molecule has 0 radical (unpaired) electrons. The molecule has 0 saturated carbocycles. The Hall–Kier alpha value is -8.42. The average molecular weight is 853 g/mol. The molecule has 8 aromatic carbocycles. The molecule has 7 nitrogen and oxygen atoms in total. The van der Waals surface area contributed by atoms with Crippen LogP contribution in [0.3, 0.4) is 0 Å². The van der Waals surface area contributed by atoms with E-state index in [0.717, 1.165) is 89.4 Å². The van der Waals surface area contributed by atoms with Crippen molar-refractivity contribution >= 4 is 0 Å². The maximum Gasteiger partial charge on any atom is 0.164 e. The van der Waals surface area contributed by atoms with E-state index in [2.05, 4.69) is 137 Å². The molecule has 0 N–H and O–H groups in total. The van der Waals surface area contributed by atoms with Gasteiger partial charge in [0.05, 0.1) is 0 Å². The zero-order chi connectivity index (χ0) is 44.8. The van der Waals surface area contributed by atoms with Gasteiger partial charge in [-0.2, -0.15) is 0 Å². The lowest BCUT2D eigenvalue weighted by molar-refractivity contribution is 0.418. The van der Waals surface area contributed by atoms with Gasteiger partial charge in [0.2, 0.25) is 0 Å². The number of ether oxygens (including phenoxy) is 1. The number of rotatable bonds is 8. The minimum atomic E-state index is -0.343. The molecular formula is C59H44N6O. The van der Waals surface area contributed by atoms with E-state index in [1.807, 2.05) is 84.9 Å². The maximum atomic E-state index is 6.61. The average Bonchev–Trinajstić information content (AvgIpc) is 3.37. The molecule has 2 aromatic heterocycles. The normalized spacial score (nSPS) is 12.5. The van der Waals surface area contributed by atoms with Crippen LogP contribution in [-0.4, -0.2) is 29.9 Å². The molecule has 10 aromatic rings. The van der Waals surface area contributed by atoms with Crippen molar-refractivity contribution < 1.29 is 4.74 Å². The minimum Gasteiger partial charge on any atom is -0.457 e. The van der Waals surface area contributed by atoms with E-state index in [9.17, 15) is 0 Å². The van der Waals surface area contributed by atoms with Crippen molar-refractivity contribution in [2.24, 2.45) is 0 Å². The second kappa shape index (κ2) is 16.6. The summed E-state index contributed by atoms with van der Waals surface area (Å²) in [6, 6.07) is 66.5. The van der Waals surface area contributed by atoms with Crippen LogP contribution in [0.1, 0.15) is 36.1 Å². The third kappa shape index (κ3) is 7.60. The monoisotopic (exact) mass is 852 g/mol. The number of aromatic nitrogens is 6. The summed E-state index contributed by atoms with van der Waals surface area (Å²) in [7, 11) is 0. The van der Waals surface area contributed by atoms with Crippen molar-refractivity contribution in [2.75, 3.05) is 0 Å². The van der Waals surface area contributed by atoms with Gasteiger partial charge in [-0.15, -0.1) is 0 Å². The molecule has 0 saturated heterocycles. The highest BCUT2D eigenvalue weighted by molar-refractivity contribution is 5.76. The third-order valence-corrected chi connectivity index (χ3v) is 12.6. The molecule has 0 amide bonds. The molecule has 7 heteroatoms. The molecule has 3 heterocycles. The van der Waals surface area contributed by atoms with Crippen LogP contribution in [-0.2, 0) is 5.41 Å². The summed E-state index contributed by atoms with van der Waals surface area (Å²) < 4.78 is 6.61. The SMILES string of the molecule is Cc1ccccc1-c1nc(-c2ccccc2)nc(-c2ccc(-c3ccc4c(c3)C(C)(C)c3cc(-c5ccc(-c6nc(-c7ccccc7)nc(-c7ccccc7C)n6)cc5)ccc3O4)cc2)n1. The van der Waals surface area contributed by atoms with Gasteiger partial charge in [-0.05, 0) is 71.5 Å². The second-order valence-electron chi connectivity index (χ2n) is 17.3. The van der Waals surface area contributed by atoms with Gasteiger partial charge in [-0.3, -0.25) is 0 Å². The molecule has 1 aliphatic rings. The first kappa shape index (κ1) is 40.4. The van der Waals surface area contributed by atoms with Crippen molar-refractivity contribution in [3.63, 3.8) is 0 Å². The van der Waals surface area contributed by atoms with Gasteiger partial charge >= 0.3 is 0 Å². The zero-order valence-electron chi connectivity index (χ0n) is 37.1. The summed E-state index contributed by atoms with van der Waals surface area (Å²) in [5.74, 6) is 5.59. The summed E-state index contributed by atoms with van der Waals surface area (Å²) in [5, 5.41) is 0. The second-order valence-corrected chi connectivity index (χ2v) is 17.3. The van der Waals surface area contributed by atoms with Gasteiger partial charge in [-0.1, -0.05) is 184 Å². The van der Waals surface area contributed by atoms with E-state index in [0.29, 0.717) is 34.9 Å². The van der Waals surface area contributed by atoms with E-state index < -0.39 is 0 Å². The number of benzene rings is 8. The predicted octanol–water partition coefficient (Wildman–Crippen LogP) is 14.4. The van der Waals surface area contributed by atoms with Gasteiger partial charge in [0.25, 0.3) is 0 Å². The smallest absolute Gasteiger partial charge is 0.164 e. The Kier molecular flexibility index (Phi) is 10.2. The van der Waals surface area contributed by atoms with Gasteiger partial charge < -0.3 is 4.74 Å². The Balaban J connectivity index is 0.884. The Morgan fingerprint density at radius 3 is 0.985 bits per heavy atom. The largest absolute Gasteiger partial charge is 0.457 e. The van der Waals surface area contributed by atoms with Crippen molar-refractivity contribution in [1.82, 2.24) is 29.9 Å². The predicted molar refractivity (Wildman–Crippen MR) is 265 cm³/mol. The van der Waals surface area contributed by atoms with E-state index in [4.69, 9.17) is 34.6 Å². The van der Waals surface area contributed by atoms with Crippen molar-refractivity contribution in [1.29, 1.82) is 0 Å². The molecule has 0 aliphatic carbocycles. The Labute approximate surface area is 384 Å². The standard InChI is InChI=1S/C59H44N6O/c1-37-15-11-13-21-47(37)57-62-53(41-17-7-5-8-18-41)60-55(64-57)43-27-23-39(24-28-43)45-31-33-51-49(35-45)59(3,4)50-36-46(32-34-52(50)66-51)40-25-29-44(30-26-40)56-61-54(42-19-9-6-10-20-42)63-58(65-56)48-22-14-12-16-38(48)2/h5-36H,1-4H3. The summed E-state index contributed by atoms with van der Waals surface area (Å²) in [6.45, 7) is 8.73. The van der Waals surface area contributed by atoms with Crippen LogP contribution in [0, 0.1) is 13.8 Å². The van der Waals surface area contributed by atoms with Gasteiger partial charge in [-0.25, -0.2) is 29.9 Å². The van der Waals surface area contributed by atoms with Crippen LogP contribution in [0.4, 0.5) is 0 Å². The van der Waals surface area contributed by atoms with Crippen molar-refractivity contribution in [3.05, 3.63) is 216 Å². The van der Waals surface area contributed by atoms with E-state index in [1.54, 1.807) is 0 Å². The van der Waals surface area contributed by atoms with Crippen LogP contribution in [0.25, 0.3) is 90.6 Å². The fraction of sp³-hybridized carbons (Fsp3) is 0.0847. The van der Waals surface area contributed by atoms with E-state index >= 15 is 0 Å². The lowest BCUT2D eigenvalue weighted by atomic mass is 9.74. The number of fused-ring (bicyclic) bond motifs is 2. The molecule has 316 valence electrons. The Morgan fingerprint density at radius 1 is 0.303 bits per heavy atom. The van der Waals surface area contributed by atoms with Crippen LogP contribution in [0.15, 0.2) is 194 Å². The summed E-state index contributed by atoms with van der Waals surface area (Å²) in [4.78, 5) is 29.7. The van der Waals surface area contributed by atoms with E-state index in [1.165, 1.54) is 0 Å². The van der Waals surface area contributed by atoms with E-state index in [-0.39, 0.29) is 5.41 Å². The van der Waals surface area contributed by atoms with Crippen LogP contribution in [0.2, 0.25) is 0 Å². The molecule has 0 unspecified atom stereocenters. The highest BCUT2D eigenvalue weighted by atomic mass is 16.5. The molecule has 11 rings (SSSR count). The van der Waals surface area contributed by atoms with Crippen LogP contribution in [0.5, 0.6) is 11.5 Å². The molecule has 0 atom stereocenters. The summed E-state index contributed by atoms with van der Waals surface area (Å²) in [5.41, 5.74) is 14.2. The topological polar surface area (TPSA) is 86.6 Å². The number of aryl methyl sites for hydroxylation is 2. The fourth-order valence-corrected chi connectivity index (χ4v) is 8.79. The Morgan fingerprint density at radius 2 is 0.606 bits per heavy atom. The summed E-state index contributed by atoms with van der Waals surface area (Å²) >= 11 is 0. The first-order valence-corrected chi connectivity index (χ1v) is 22.2. The number of nitrogens with zero attached hydrogens (tertiary/aromatic N) is 6. The highest BCUT2D eigenvalue weighted by Crippen LogP contribution is 2.50. The van der Waals surface area contributed by atoms with Crippen molar-refractivity contribution in [2.45, 2.75) is 33.1 Å².